The molecule has 27 heavy (non-hydrogen) atoms. The second kappa shape index (κ2) is 6.72. The Labute approximate surface area is 159 Å². The van der Waals surface area contributed by atoms with Crippen molar-refractivity contribution < 1.29 is 9.90 Å². The van der Waals surface area contributed by atoms with Crippen LogP contribution in [0, 0.1) is 13.8 Å². The van der Waals surface area contributed by atoms with Gasteiger partial charge < -0.3 is 15.0 Å². The first-order valence-corrected chi connectivity index (χ1v) is 9.58. The highest BCUT2D eigenvalue weighted by Crippen LogP contribution is 2.35. The lowest BCUT2D eigenvalue weighted by atomic mass is 9.98. The molecule has 0 amide bonds. The molecule has 0 bridgehead atoms. The molecule has 2 N–H and O–H groups in total. The minimum absolute atomic E-state index is 0.195. The lowest BCUT2D eigenvalue weighted by Gasteiger charge is -2.30. The van der Waals surface area contributed by atoms with Gasteiger partial charge in [-0.3, -0.25) is 0 Å². The fourth-order valence-corrected chi connectivity index (χ4v) is 4.19. The third kappa shape index (κ3) is 2.87. The summed E-state index contributed by atoms with van der Waals surface area (Å²) in [5.74, 6) is -0.190. The lowest BCUT2D eigenvalue weighted by Crippen LogP contribution is -2.31. The van der Waals surface area contributed by atoms with E-state index in [1.54, 1.807) is 0 Å². The van der Waals surface area contributed by atoms with Gasteiger partial charge in [-0.25, -0.2) is 9.78 Å². The predicted octanol–water partition coefficient (Wildman–Crippen LogP) is 4.39. The Morgan fingerprint density at radius 1 is 1.26 bits per heavy atom. The fourth-order valence-electron chi connectivity index (χ4n) is 4.19. The zero-order valence-corrected chi connectivity index (χ0v) is 16.1. The van der Waals surface area contributed by atoms with E-state index in [1.165, 1.54) is 11.1 Å². The van der Waals surface area contributed by atoms with Crippen molar-refractivity contribution in [2.75, 3.05) is 11.4 Å². The van der Waals surface area contributed by atoms with E-state index in [9.17, 15) is 9.90 Å². The van der Waals surface area contributed by atoms with Crippen molar-refractivity contribution in [1.29, 1.82) is 0 Å². The van der Waals surface area contributed by atoms with Gasteiger partial charge in [0.05, 0.1) is 5.52 Å². The second-order valence-electron chi connectivity index (χ2n) is 7.38. The third-order valence-electron chi connectivity index (χ3n) is 5.66. The van der Waals surface area contributed by atoms with E-state index < -0.39 is 5.97 Å². The molecule has 1 aliphatic heterocycles. The quantitative estimate of drug-likeness (QED) is 0.721. The average Bonchev–Trinajstić information content (AvgIpc) is 2.96. The molecule has 0 atom stereocenters. The summed E-state index contributed by atoms with van der Waals surface area (Å²) in [6.07, 6.45) is 2.54. The van der Waals surface area contributed by atoms with Crippen LogP contribution in [-0.2, 0) is 19.4 Å². The number of aromatic amines is 1. The van der Waals surface area contributed by atoms with Gasteiger partial charge in [-0.05, 0) is 48.9 Å². The van der Waals surface area contributed by atoms with E-state index in [-0.39, 0.29) is 5.69 Å². The highest BCUT2D eigenvalue weighted by molar-refractivity contribution is 6.01. The number of H-pyrrole nitrogens is 1. The number of carbonyl (C=O) groups is 1. The molecule has 0 spiro atoms. The summed E-state index contributed by atoms with van der Waals surface area (Å²) >= 11 is 0. The molecule has 0 saturated heterocycles. The maximum Gasteiger partial charge on any atom is 0.354 e. The first-order chi connectivity index (χ1) is 13.0. The molecule has 140 valence electrons. The minimum atomic E-state index is -0.947. The zero-order chi connectivity index (χ0) is 19.1. The summed E-state index contributed by atoms with van der Waals surface area (Å²) < 4.78 is 0. The SMILES string of the molecule is CCCc1c(C(=O)O)nc(N2CCc3ccccc3C2)c2[nH]c(C)c(C)c12. The maximum absolute atomic E-state index is 12.0. The van der Waals surface area contributed by atoms with Crippen molar-refractivity contribution in [2.24, 2.45) is 0 Å². The summed E-state index contributed by atoms with van der Waals surface area (Å²) in [5.41, 5.74) is 6.86. The van der Waals surface area contributed by atoms with Gasteiger partial charge >= 0.3 is 5.97 Å². The molecule has 3 heterocycles. The van der Waals surface area contributed by atoms with Crippen molar-refractivity contribution in [3.63, 3.8) is 0 Å². The summed E-state index contributed by atoms with van der Waals surface area (Å²) in [5, 5.41) is 10.9. The largest absolute Gasteiger partial charge is 0.477 e. The smallest absolute Gasteiger partial charge is 0.354 e. The molecular formula is C22H25N3O2. The van der Waals surface area contributed by atoms with Gasteiger partial charge in [0.25, 0.3) is 0 Å². The molecule has 1 aromatic carbocycles. The number of aryl methyl sites for hydroxylation is 3. The maximum atomic E-state index is 12.0. The highest BCUT2D eigenvalue weighted by Gasteiger charge is 2.26. The number of aromatic carboxylic acids is 1. The van der Waals surface area contributed by atoms with Gasteiger partial charge in [-0.1, -0.05) is 37.6 Å². The molecule has 5 nitrogen and oxygen atoms in total. The number of fused-ring (bicyclic) bond motifs is 2. The minimum Gasteiger partial charge on any atom is -0.477 e. The zero-order valence-electron chi connectivity index (χ0n) is 16.1. The first-order valence-electron chi connectivity index (χ1n) is 9.58. The number of anilines is 1. The number of hydrogen-bond donors (Lipinski definition) is 2. The van der Waals surface area contributed by atoms with Gasteiger partial charge in [0.15, 0.2) is 11.5 Å². The normalized spacial score (nSPS) is 13.8. The van der Waals surface area contributed by atoms with Crippen LogP contribution in [0.4, 0.5) is 5.82 Å². The van der Waals surface area contributed by atoms with E-state index in [4.69, 9.17) is 0 Å². The topological polar surface area (TPSA) is 69.2 Å². The van der Waals surface area contributed by atoms with Crippen LogP contribution >= 0.6 is 0 Å². The van der Waals surface area contributed by atoms with Crippen LogP contribution in [0.1, 0.15) is 51.8 Å². The number of hydrogen-bond acceptors (Lipinski definition) is 3. The summed E-state index contributed by atoms with van der Waals surface area (Å²) in [6.45, 7) is 7.76. The molecule has 0 saturated carbocycles. The van der Waals surface area contributed by atoms with Crippen LogP contribution in [0.2, 0.25) is 0 Å². The van der Waals surface area contributed by atoms with Crippen LogP contribution in [0.25, 0.3) is 10.9 Å². The molecule has 4 rings (SSSR count). The third-order valence-corrected chi connectivity index (χ3v) is 5.66. The standard InChI is InChI=1S/C22H25N3O2/c1-4-7-17-18-13(2)14(3)23-20(18)21(24-19(17)22(26)27)25-11-10-15-8-5-6-9-16(15)12-25/h5-6,8-9,23H,4,7,10-12H2,1-3H3,(H,26,27). The van der Waals surface area contributed by atoms with Crippen molar-refractivity contribution >= 4 is 22.7 Å². The lowest BCUT2D eigenvalue weighted by molar-refractivity contribution is 0.0689. The Kier molecular flexibility index (Phi) is 4.38. The van der Waals surface area contributed by atoms with Crippen molar-refractivity contribution in [2.45, 2.75) is 46.6 Å². The van der Waals surface area contributed by atoms with Crippen LogP contribution < -0.4 is 4.90 Å². The van der Waals surface area contributed by atoms with Gasteiger partial charge in [0.1, 0.15) is 0 Å². The number of aromatic nitrogens is 2. The molecule has 0 radical (unpaired) electrons. The molecule has 5 heteroatoms. The number of nitrogens with one attached hydrogen (secondary N) is 1. The van der Waals surface area contributed by atoms with Crippen LogP contribution in [-0.4, -0.2) is 27.6 Å². The number of benzene rings is 1. The van der Waals surface area contributed by atoms with E-state index in [2.05, 4.69) is 53.0 Å². The molecule has 0 aliphatic carbocycles. The summed E-state index contributed by atoms with van der Waals surface area (Å²) in [7, 11) is 0. The number of carboxylic acid groups (broad SMARTS) is 1. The summed E-state index contributed by atoms with van der Waals surface area (Å²) in [6, 6.07) is 8.45. The van der Waals surface area contributed by atoms with Crippen LogP contribution in [0.5, 0.6) is 0 Å². The van der Waals surface area contributed by atoms with Gasteiger partial charge in [-0.2, -0.15) is 0 Å². The molecular weight excluding hydrogens is 338 g/mol. The van der Waals surface area contributed by atoms with Crippen LogP contribution in [0.15, 0.2) is 24.3 Å². The number of pyridine rings is 1. The molecule has 0 fully saturated rings. The number of carboxylic acids is 1. The second-order valence-corrected chi connectivity index (χ2v) is 7.38. The average molecular weight is 363 g/mol. The Hall–Kier alpha value is -2.82. The Morgan fingerprint density at radius 2 is 2.00 bits per heavy atom. The molecule has 1 aliphatic rings. The van der Waals surface area contributed by atoms with Crippen LogP contribution in [0.3, 0.4) is 0 Å². The van der Waals surface area contributed by atoms with E-state index >= 15 is 0 Å². The molecule has 0 unspecified atom stereocenters. The molecule has 3 aromatic rings. The Bertz CT molecular complexity index is 1040. The summed E-state index contributed by atoms with van der Waals surface area (Å²) in [4.78, 5) is 22.4. The van der Waals surface area contributed by atoms with Crippen molar-refractivity contribution in [3.8, 4) is 0 Å². The van der Waals surface area contributed by atoms with E-state index in [0.717, 1.165) is 59.5 Å². The van der Waals surface area contributed by atoms with Crippen molar-refractivity contribution in [1.82, 2.24) is 9.97 Å². The van der Waals surface area contributed by atoms with Gasteiger partial charge in [-0.15, -0.1) is 0 Å². The number of nitrogens with zero attached hydrogens (tertiary/aromatic N) is 2. The predicted molar refractivity (Wildman–Crippen MR) is 108 cm³/mol. The number of rotatable bonds is 4. The fraction of sp³-hybridized carbons (Fsp3) is 0.364. The Balaban J connectivity index is 1.92. The van der Waals surface area contributed by atoms with Gasteiger partial charge in [0, 0.05) is 24.2 Å². The first kappa shape index (κ1) is 17.6. The monoisotopic (exact) mass is 363 g/mol. The van der Waals surface area contributed by atoms with Crippen molar-refractivity contribution in [3.05, 3.63) is 57.9 Å². The van der Waals surface area contributed by atoms with E-state index in [0.29, 0.717) is 6.42 Å². The Morgan fingerprint density at radius 3 is 2.70 bits per heavy atom. The van der Waals surface area contributed by atoms with E-state index in [1.807, 2.05) is 6.92 Å². The molecule has 2 aromatic heterocycles. The highest BCUT2D eigenvalue weighted by atomic mass is 16.4. The van der Waals surface area contributed by atoms with Gasteiger partial charge in [0.2, 0.25) is 0 Å².